The average molecular weight is 288 g/mol. The van der Waals surface area contributed by atoms with Crippen LogP contribution in [-0.2, 0) is 4.79 Å². The van der Waals surface area contributed by atoms with Gasteiger partial charge < -0.3 is 5.32 Å². The van der Waals surface area contributed by atoms with Gasteiger partial charge in [0.15, 0.2) is 0 Å². The number of carbonyl (C=O) groups is 1. The summed E-state index contributed by atoms with van der Waals surface area (Å²) in [5.74, 6) is 1.93. The van der Waals surface area contributed by atoms with Crippen LogP contribution in [0, 0.1) is 17.3 Å². The number of hydrogen-bond acceptors (Lipinski definition) is 1. The predicted octanol–water partition coefficient (Wildman–Crippen LogP) is 4.36. The van der Waals surface area contributed by atoms with Crippen LogP contribution in [0.25, 0.3) is 0 Å². The Bertz CT molecular complexity index is 270. The first-order valence-electron chi connectivity index (χ1n) is 7.82. The third kappa shape index (κ3) is 6.16. The third-order valence-corrected chi connectivity index (χ3v) is 5.01. The lowest BCUT2D eigenvalue weighted by Crippen LogP contribution is -2.39. The molecule has 0 aliphatic heterocycles. The van der Waals surface area contributed by atoms with E-state index < -0.39 is 0 Å². The number of alkyl halides is 1. The summed E-state index contributed by atoms with van der Waals surface area (Å²) in [5.41, 5.74) is -0.00442. The van der Waals surface area contributed by atoms with E-state index in [1.165, 1.54) is 32.1 Å². The van der Waals surface area contributed by atoms with Crippen LogP contribution < -0.4 is 5.32 Å². The van der Waals surface area contributed by atoms with E-state index in [-0.39, 0.29) is 17.2 Å². The summed E-state index contributed by atoms with van der Waals surface area (Å²) < 4.78 is 0. The summed E-state index contributed by atoms with van der Waals surface area (Å²) in [6.45, 7) is 7.10. The van der Waals surface area contributed by atoms with Crippen molar-refractivity contribution in [2.45, 2.75) is 65.7 Å². The van der Waals surface area contributed by atoms with Crippen molar-refractivity contribution in [1.82, 2.24) is 5.32 Å². The van der Waals surface area contributed by atoms with Crippen LogP contribution in [0.15, 0.2) is 0 Å². The second kappa shape index (κ2) is 8.14. The molecule has 112 valence electrons. The van der Waals surface area contributed by atoms with Crippen LogP contribution in [0.1, 0.15) is 65.7 Å². The lowest BCUT2D eigenvalue weighted by molar-refractivity contribution is -0.126. The van der Waals surface area contributed by atoms with E-state index in [1.807, 2.05) is 0 Å². The minimum Gasteiger partial charge on any atom is -0.355 e. The van der Waals surface area contributed by atoms with Crippen LogP contribution in [0.3, 0.4) is 0 Å². The molecule has 0 saturated heterocycles. The lowest BCUT2D eigenvalue weighted by atomic mass is 9.79. The highest BCUT2D eigenvalue weighted by Gasteiger charge is 2.27. The van der Waals surface area contributed by atoms with Crippen molar-refractivity contribution >= 4 is 17.5 Å². The van der Waals surface area contributed by atoms with Crippen molar-refractivity contribution in [2.24, 2.45) is 17.3 Å². The van der Waals surface area contributed by atoms with E-state index in [1.54, 1.807) is 0 Å². The van der Waals surface area contributed by atoms with Crippen molar-refractivity contribution in [3.8, 4) is 0 Å². The van der Waals surface area contributed by atoms with Crippen molar-refractivity contribution in [3.63, 3.8) is 0 Å². The van der Waals surface area contributed by atoms with Gasteiger partial charge in [-0.15, -0.1) is 11.6 Å². The molecule has 1 fully saturated rings. The lowest BCUT2D eigenvalue weighted by Gasteiger charge is -2.29. The molecule has 1 saturated carbocycles. The molecule has 0 atom stereocenters. The summed E-state index contributed by atoms with van der Waals surface area (Å²) in [6, 6.07) is 0. The summed E-state index contributed by atoms with van der Waals surface area (Å²) in [7, 11) is 0. The monoisotopic (exact) mass is 287 g/mol. The van der Waals surface area contributed by atoms with Crippen molar-refractivity contribution in [3.05, 3.63) is 0 Å². The van der Waals surface area contributed by atoms with Gasteiger partial charge in [0, 0.05) is 18.3 Å². The fourth-order valence-corrected chi connectivity index (χ4v) is 2.82. The first-order valence-corrected chi connectivity index (χ1v) is 8.35. The maximum Gasteiger partial charge on any atom is 0.223 e. The van der Waals surface area contributed by atoms with Gasteiger partial charge in [0.25, 0.3) is 0 Å². The van der Waals surface area contributed by atoms with E-state index in [2.05, 4.69) is 26.1 Å². The summed E-state index contributed by atoms with van der Waals surface area (Å²) in [6.07, 6.45) is 8.58. The Labute approximate surface area is 123 Å². The number of unbranched alkanes of at least 4 members (excludes halogenated alkanes) is 1. The standard InChI is InChI=1S/C16H30ClNO/c1-4-5-6-13-7-9-14(10-8-13)15(19)18-12-16(2,3)11-17/h13-14H,4-12H2,1-3H3,(H,18,19). The second-order valence-corrected chi connectivity index (χ2v) is 7.14. The van der Waals surface area contributed by atoms with E-state index in [0.717, 1.165) is 18.8 Å². The fourth-order valence-electron chi connectivity index (χ4n) is 2.72. The third-order valence-electron chi connectivity index (χ3n) is 4.29. The summed E-state index contributed by atoms with van der Waals surface area (Å²) in [4.78, 5) is 12.1. The Balaban J connectivity index is 2.25. The normalized spacial score (nSPS) is 24.2. The zero-order valence-corrected chi connectivity index (χ0v) is 13.6. The van der Waals surface area contributed by atoms with Crippen LogP contribution in [0.4, 0.5) is 0 Å². The van der Waals surface area contributed by atoms with Crippen LogP contribution in [0.5, 0.6) is 0 Å². The Morgan fingerprint density at radius 2 is 1.89 bits per heavy atom. The maximum absolute atomic E-state index is 12.1. The smallest absolute Gasteiger partial charge is 0.223 e. The van der Waals surface area contributed by atoms with Crippen LogP contribution in [-0.4, -0.2) is 18.3 Å². The second-order valence-electron chi connectivity index (χ2n) is 6.88. The quantitative estimate of drug-likeness (QED) is 0.693. The Kier molecular flexibility index (Phi) is 7.20. The molecule has 19 heavy (non-hydrogen) atoms. The number of rotatable bonds is 7. The molecule has 1 aliphatic carbocycles. The number of hydrogen-bond donors (Lipinski definition) is 1. The van der Waals surface area contributed by atoms with Gasteiger partial charge in [-0.25, -0.2) is 0 Å². The summed E-state index contributed by atoms with van der Waals surface area (Å²) >= 11 is 5.88. The predicted molar refractivity (Wildman–Crippen MR) is 82.5 cm³/mol. The zero-order valence-electron chi connectivity index (χ0n) is 12.8. The molecular weight excluding hydrogens is 258 g/mol. The molecule has 1 rings (SSSR count). The molecule has 0 heterocycles. The van der Waals surface area contributed by atoms with E-state index in [9.17, 15) is 4.79 Å². The van der Waals surface area contributed by atoms with E-state index in [4.69, 9.17) is 11.6 Å². The van der Waals surface area contributed by atoms with Gasteiger partial charge in [-0.1, -0.05) is 40.0 Å². The molecule has 2 nitrogen and oxygen atoms in total. The molecular formula is C16H30ClNO. The first kappa shape index (κ1) is 16.8. The van der Waals surface area contributed by atoms with Gasteiger partial charge in [0.05, 0.1) is 0 Å². The van der Waals surface area contributed by atoms with Gasteiger partial charge in [-0.05, 0) is 37.0 Å². The molecule has 3 heteroatoms. The molecule has 1 N–H and O–H groups in total. The Hall–Kier alpha value is -0.240. The number of amides is 1. The molecule has 1 aliphatic rings. The molecule has 0 bridgehead atoms. The van der Waals surface area contributed by atoms with Crippen LogP contribution >= 0.6 is 11.6 Å². The first-order chi connectivity index (χ1) is 8.98. The average Bonchev–Trinajstić information content (AvgIpc) is 2.43. The van der Waals surface area contributed by atoms with Crippen LogP contribution in [0.2, 0.25) is 0 Å². The van der Waals surface area contributed by atoms with Gasteiger partial charge in [0.2, 0.25) is 5.91 Å². The summed E-state index contributed by atoms with van der Waals surface area (Å²) in [5, 5.41) is 3.08. The minimum absolute atomic E-state index is 0.00442. The van der Waals surface area contributed by atoms with Crippen molar-refractivity contribution in [1.29, 1.82) is 0 Å². The SMILES string of the molecule is CCCCC1CCC(C(=O)NCC(C)(C)CCl)CC1. The highest BCUT2D eigenvalue weighted by molar-refractivity contribution is 6.18. The Morgan fingerprint density at radius 1 is 1.26 bits per heavy atom. The molecule has 0 aromatic carbocycles. The minimum atomic E-state index is -0.00442. The van der Waals surface area contributed by atoms with Crippen molar-refractivity contribution < 1.29 is 4.79 Å². The highest BCUT2D eigenvalue weighted by Crippen LogP contribution is 2.32. The largest absolute Gasteiger partial charge is 0.355 e. The van der Waals surface area contributed by atoms with Crippen molar-refractivity contribution in [2.75, 3.05) is 12.4 Å². The maximum atomic E-state index is 12.1. The topological polar surface area (TPSA) is 29.1 Å². The van der Waals surface area contributed by atoms with Gasteiger partial charge >= 0.3 is 0 Å². The van der Waals surface area contributed by atoms with Gasteiger partial charge in [0.1, 0.15) is 0 Å². The number of carbonyl (C=O) groups excluding carboxylic acids is 1. The molecule has 0 radical (unpaired) electrons. The molecule has 0 unspecified atom stereocenters. The Morgan fingerprint density at radius 3 is 2.42 bits per heavy atom. The fraction of sp³-hybridized carbons (Fsp3) is 0.938. The molecule has 0 spiro atoms. The highest BCUT2D eigenvalue weighted by atomic mass is 35.5. The molecule has 0 aromatic rings. The van der Waals surface area contributed by atoms with E-state index >= 15 is 0 Å². The van der Waals surface area contributed by atoms with E-state index in [0.29, 0.717) is 12.4 Å². The van der Waals surface area contributed by atoms with Gasteiger partial charge in [-0.2, -0.15) is 0 Å². The van der Waals surface area contributed by atoms with Gasteiger partial charge in [-0.3, -0.25) is 4.79 Å². The number of halogens is 1. The molecule has 1 amide bonds. The molecule has 0 aromatic heterocycles. The number of nitrogens with one attached hydrogen (secondary N) is 1. The zero-order chi connectivity index (χ0) is 14.3.